The van der Waals surface area contributed by atoms with Crippen LogP contribution in [0.4, 0.5) is 4.39 Å². The van der Waals surface area contributed by atoms with E-state index < -0.39 is 6.10 Å². The third kappa shape index (κ3) is 3.44. The molecule has 1 fully saturated rings. The lowest BCUT2D eigenvalue weighted by molar-refractivity contribution is -0.137. The quantitative estimate of drug-likeness (QED) is 0.896. The molecule has 0 radical (unpaired) electrons. The van der Waals surface area contributed by atoms with Gasteiger partial charge in [0.25, 0.3) is 5.91 Å². The summed E-state index contributed by atoms with van der Waals surface area (Å²) in [5.41, 5.74) is 5.60. The zero-order chi connectivity index (χ0) is 13.8. The van der Waals surface area contributed by atoms with Gasteiger partial charge in [-0.05, 0) is 37.9 Å². The number of benzene rings is 1. The zero-order valence-electron chi connectivity index (χ0n) is 11.0. The predicted octanol–water partition coefficient (Wildman–Crippen LogP) is 1.40. The highest BCUT2D eigenvalue weighted by Crippen LogP contribution is 2.18. The molecular weight excluding hydrogens is 247 g/mol. The Hall–Kier alpha value is -1.62. The minimum Gasteiger partial charge on any atom is -0.481 e. The number of halogens is 1. The fourth-order valence-electron chi connectivity index (χ4n) is 2.28. The number of carbonyl (C=O) groups is 1. The van der Waals surface area contributed by atoms with Crippen molar-refractivity contribution in [3.05, 3.63) is 30.1 Å². The van der Waals surface area contributed by atoms with Crippen LogP contribution < -0.4 is 10.5 Å². The maximum atomic E-state index is 13.0. The monoisotopic (exact) mass is 266 g/mol. The number of hydrogen-bond donors (Lipinski definition) is 1. The molecule has 0 bridgehead atoms. The topological polar surface area (TPSA) is 55.6 Å². The molecule has 1 saturated heterocycles. The number of likely N-dealkylation sites (tertiary alicyclic amines) is 1. The molecule has 2 rings (SSSR count). The first-order chi connectivity index (χ1) is 9.10. The molecule has 0 saturated carbocycles. The van der Waals surface area contributed by atoms with Crippen LogP contribution in [0.3, 0.4) is 0 Å². The number of ether oxygens (including phenoxy) is 1. The summed E-state index contributed by atoms with van der Waals surface area (Å²) in [5, 5.41) is 0. The van der Waals surface area contributed by atoms with Crippen LogP contribution in [-0.4, -0.2) is 36.5 Å². The van der Waals surface area contributed by atoms with Crippen LogP contribution in [0.2, 0.25) is 0 Å². The van der Waals surface area contributed by atoms with Crippen molar-refractivity contribution in [1.29, 1.82) is 0 Å². The first-order valence-corrected chi connectivity index (χ1v) is 6.51. The van der Waals surface area contributed by atoms with E-state index in [0.29, 0.717) is 24.8 Å². The Balaban J connectivity index is 1.93. The van der Waals surface area contributed by atoms with E-state index in [1.807, 2.05) is 0 Å². The normalized spacial score (nSPS) is 20.4. The third-order valence-electron chi connectivity index (χ3n) is 3.39. The van der Waals surface area contributed by atoms with Crippen molar-refractivity contribution >= 4 is 5.91 Å². The first kappa shape index (κ1) is 13.8. The molecule has 1 aliphatic rings. The lowest BCUT2D eigenvalue weighted by Crippen LogP contribution is -2.39. The highest BCUT2D eigenvalue weighted by Gasteiger charge is 2.29. The molecule has 2 N–H and O–H groups in total. The minimum absolute atomic E-state index is 0.0692. The second-order valence-corrected chi connectivity index (χ2v) is 4.89. The molecule has 104 valence electrons. The van der Waals surface area contributed by atoms with E-state index in [-0.39, 0.29) is 11.7 Å². The van der Waals surface area contributed by atoms with Gasteiger partial charge in [0.2, 0.25) is 0 Å². The molecule has 19 heavy (non-hydrogen) atoms. The molecular formula is C14H19FN2O2. The van der Waals surface area contributed by atoms with Gasteiger partial charge in [-0.1, -0.05) is 6.07 Å². The van der Waals surface area contributed by atoms with Gasteiger partial charge < -0.3 is 15.4 Å². The highest BCUT2D eigenvalue weighted by molar-refractivity contribution is 5.81. The van der Waals surface area contributed by atoms with Gasteiger partial charge >= 0.3 is 0 Å². The molecule has 1 amide bonds. The minimum atomic E-state index is -0.613. The van der Waals surface area contributed by atoms with Crippen molar-refractivity contribution in [1.82, 2.24) is 4.90 Å². The van der Waals surface area contributed by atoms with Crippen LogP contribution in [0.15, 0.2) is 24.3 Å². The lowest BCUT2D eigenvalue weighted by atomic mass is 10.1. The summed E-state index contributed by atoms with van der Waals surface area (Å²) in [5.74, 6) is 0.308. The first-order valence-electron chi connectivity index (χ1n) is 6.51. The predicted molar refractivity (Wildman–Crippen MR) is 70.2 cm³/mol. The van der Waals surface area contributed by atoms with Gasteiger partial charge in [-0.2, -0.15) is 0 Å². The van der Waals surface area contributed by atoms with Crippen LogP contribution in [0.1, 0.15) is 13.3 Å². The Kier molecular flexibility index (Phi) is 4.37. The molecule has 2 unspecified atom stereocenters. The van der Waals surface area contributed by atoms with Gasteiger partial charge in [0.05, 0.1) is 0 Å². The van der Waals surface area contributed by atoms with Gasteiger partial charge in [-0.3, -0.25) is 4.79 Å². The molecule has 0 spiro atoms. The number of hydrogen-bond acceptors (Lipinski definition) is 3. The van der Waals surface area contributed by atoms with Gasteiger partial charge in [-0.15, -0.1) is 0 Å². The fraction of sp³-hybridized carbons (Fsp3) is 0.500. The van der Waals surface area contributed by atoms with E-state index >= 15 is 0 Å². The number of rotatable bonds is 4. The molecule has 5 heteroatoms. The summed E-state index contributed by atoms with van der Waals surface area (Å²) in [6, 6.07) is 5.81. The van der Waals surface area contributed by atoms with Crippen molar-refractivity contribution in [2.75, 3.05) is 19.6 Å². The highest BCUT2D eigenvalue weighted by atomic mass is 19.1. The van der Waals surface area contributed by atoms with E-state index in [0.717, 1.165) is 13.0 Å². The number of nitrogens with two attached hydrogens (primary N) is 1. The summed E-state index contributed by atoms with van der Waals surface area (Å²) < 4.78 is 18.5. The molecule has 1 heterocycles. The maximum absolute atomic E-state index is 13.0. The van der Waals surface area contributed by atoms with Crippen LogP contribution in [0, 0.1) is 11.7 Å². The number of nitrogens with zero attached hydrogens (tertiary/aromatic N) is 1. The van der Waals surface area contributed by atoms with Crippen molar-refractivity contribution in [2.24, 2.45) is 11.7 Å². The summed E-state index contributed by atoms with van der Waals surface area (Å²) in [6.07, 6.45) is 0.327. The molecule has 0 aromatic heterocycles. The van der Waals surface area contributed by atoms with Crippen molar-refractivity contribution in [3.63, 3.8) is 0 Å². The Morgan fingerprint density at radius 2 is 2.42 bits per heavy atom. The van der Waals surface area contributed by atoms with Crippen LogP contribution in [0.25, 0.3) is 0 Å². The molecule has 2 atom stereocenters. The lowest BCUT2D eigenvalue weighted by Gasteiger charge is -2.21. The summed E-state index contributed by atoms with van der Waals surface area (Å²) >= 11 is 0. The van der Waals surface area contributed by atoms with Gasteiger partial charge in [0.1, 0.15) is 11.6 Å². The second kappa shape index (κ2) is 6.02. The average Bonchev–Trinajstić information content (AvgIpc) is 2.86. The van der Waals surface area contributed by atoms with Gasteiger partial charge in [0.15, 0.2) is 6.10 Å². The Morgan fingerprint density at radius 3 is 3.05 bits per heavy atom. The van der Waals surface area contributed by atoms with E-state index in [1.165, 1.54) is 12.1 Å². The molecule has 1 aromatic rings. The third-order valence-corrected chi connectivity index (χ3v) is 3.39. The van der Waals surface area contributed by atoms with E-state index in [2.05, 4.69) is 0 Å². The van der Waals surface area contributed by atoms with Crippen LogP contribution in [0.5, 0.6) is 5.75 Å². The zero-order valence-corrected chi connectivity index (χ0v) is 11.0. The Morgan fingerprint density at radius 1 is 1.63 bits per heavy atom. The maximum Gasteiger partial charge on any atom is 0.263 e. The largest absolute Gasteiger partial charge is 0.481 e. The van der Waals surface area contributed by atoms with Crippen molar-refractivity contribution in [2.45, 2.75) is 19.4 Å². The SMILES string of the molecule is CC(Oc1cccc(F)c1)C(=O)N1CCC(CN)C1. The number of carbonyl (C=O) groups excluding carboxylic acids is 1. The average molecular weight is 266 g/mol. The Labute approximate surface area is 112 Å². The summed E-state index contributed by atoms with van der Waals surface area (Å²) in [4.78, 5) is 13.9. The fourth-order valence-corrected chi connectivity index (χ4v) is 2.28. The summed E-state index contributed by atoms with van der Waals surface area (Å²) in [6.45, 7) is 3.69. The molecule has 4 nitrogen and oxygen atoms in total. The summed E-state index contributed by atoms with van der Waals surface area (Å²) in [7, 11) is 0. The number of amides is 1. The molecule has 0 aliphatic carbocycles. The second-order valence-electron chi connectivity index (χ2n) is 4.89. The van der Waals surface area contributed by atoms with E-state index in [1.54, 1.807) is 24.0 Å². The van der Waals surface area contributed by atoms with Gasteiger partial charge in [-0.25, -0.2) is 4.39 Å². The molecule has 1 aliphatic heterocycles. The Bertz CT molecular complexity index is 453. The van der Waals surface area contributed by atoms with Crippen LogP contribution in [-0.2, 0) is 4.79 Å². The van der Waals surface area contributed by atoms with Crippen molar-refractivity contribution < 1.29 is 13.9 Å². The van der Waals surface area contributed by atoms with E-state index in [4.69, 9.17) is 10.5 Å². The van der Waals surface area contributed by atoms with Gasteiger partial charge in [0, 0.05) is 19.2 Å². The van der Waals surface area contributed by atoms with Crippen molar-refractivity contribution in [3.8, 4) is 5.75 Å². The standard InChI is InChI=1S/C14H19FN2O2/c1-10(19-13-4-2-3-12(15)7-13)14(18)17-6-5-11(8-16)9-17/h2-4,7,10-11H,5-6,8-9,16H2,1H3. The van der Waals surface area contributed by atoms with Crippen LogP contribution >= 0.6 is 0 Å². The van der Waals surface area contributed by atoms with E-state index in [9.17, 15) is 9.18 Å². The smallest absolute Gasteiger partial charge is 0.263 e. The molecule has 1 aromatic carbocycles.